The van der Waals surface area contributed by atoms with E-state index < -0.39 is 0 Å². The molecule has 2 heteroatoms. The molecule has 1 rings (SSSR count). The summed E-state index contributed by atoms with van der Waals surface area (Å²) in [5.74, 6) is 0. The summed E-state index contributed by atoms with van der Waals surface area (Å²) in [6, 6.07) is 4.58. The first-order chi connectivity index (χ1) is 4.79. The average molecular weight is 155 g/mol. The van der Waals surface area contributed by atoms with Crippen molar-refractivity contribution in [2.24, 2.45) is 5.73 Å². The van der Waals surface area contributed by atoms with Crippen molar-refractivity contribution in [2.75, 3.05) is 0 Å². The Bertz CT molecular complexity index is 167. The third kappa shape index (κ3) is 2.50. The second-order valence-corrected chi connectivity index (χ2v) is 3.63. The van der Waals surface area contributed by atoms with Crippen LogP contribution in [0, 0.1) is 0 Å². The largest absolute Gasteiger partial charge is 0.328 e. The molecular weight excluding hydrogens is 142 g/mol. The highest BCUT2D eigenvalue weighted by Crippen LogP contribution is 2.11. The predicted octanol–water partition coefficient (Wildman–Crippen LogP) is 2.03. The number of hydrogen-bond donors (Lipinski definition) is 1. The summed E-state index contributed by atoms with van der Waals surface area (Å²) in [5.41, 5.74) is 5.61. The van der Waals surface area contributed by atoms with Crippen LogP contribution in [-0.2, 0) is 6.42 Å². The minimum absolute atomic E-state index is 0.335. The van der Waals surface area contributed by atoms with Crippen molar-refractivity contribution in [3.8, 4) is 0 Å². The van der Waals surface area contributed by atoms with E-state index >= 15 is 0 Å². The van der Waals surface area contributed by atoms with Crippen LogP contribution < -0.4 is 5.73 Å². The van der Waals surface area contributed by atoms with Gasteiger partial charge in [-0.25, -0.2) is 0 Å². The maximum Gasteiger partial charge on any atom is 0.00458 e. The summed E-state index contributed by atoms with van der Waals surface area (Å²) in [6.45, 7) is 2.05. The molecule has 0 saturated heterocycles. The molecule has 0 aromatic carbocycles. The highest BCUT2D eigenvalue weighted by atomic mass is 32.1. The molecule has 0 spiro atoms. The Morgan fingerprint density at radius 3 is 3.00 bits per heavy atom. The van der Waals surface area contributed by atoms with Gasteiger partial charge in [-0.1, -0.05) is 6.07 Å². The summed E-state index contributed by atoms with van der Waals surface area (Å²) in [6.07, 6.45) is 2.23. The van der Waals surface area contributed by atoms with E-state index in [1.165, 1.54) is 4.88 Å². The van der Waals surface area contributed by atoms with E-state index in [1.807, 2.05) is 18.3 Å². The lowest BCUT2D eigenvalue weighted by Gasteiger charge is -2.00. The third-order valence-corrected chi connectivity index (χ3v) is 2.36. The summed E-state index contributed by atoms with van der Waals surface area (Å²) in [7, 11) is 0. The Kier molecular flexibility index (Phi) is 2.90. The maximum atomic E-state index is 5.61. The van der Waals surface area contributed by atoms with E-state index in [0.717, 1.165) is 12.8 Å². The van der Waals surface area contributed by atoms with Crippen LogP contribution in [0.4, 0.5) is 0 Å². The van der Waals surface area contributed by atoms with Gasteiger partial charge in [-0.3, -0.25) is 0 Å². The van der Waals surface area contributed by atoms with Crippen LogP contribution in [0.25, 0.3) is 0 Å². The Balaban J connectivity index is 2.28. The zero-order valence-corrected chi connectivity index (χ0v) is 7.03. The zero-order valence-electron chi connectivity index (χ0n) is 6.21. The van der Waals surface area contributed by atoms with Crippen molar-refractivity contribution >= 4 is 11.3 Å². The monoisotopic (exact) mass is 155 g/mol. The Hall–Kier alpha value is -0.340. The second-order valence-electron chi connectivity index (χ2n) is 2.60. The quantitative estimate of drug-likeness (QED) is 0.710. The van der Waals surface area contributed by atoms with Gasteiger partial charge in [0.2, 0.25) is 0 Å². The lowest BCUT2D eigenvalue weighted by Crippen LogP contribution is -2.14. The van der Waals surface area contributed by atoms with E-state index in [9.17, 15) is 0 Å². The molecule has 0 aliphatic rings. The molecule has 0 aliphatic carbocycles. The summed E-state index contributed by atoms with van der Waals surface area (Å²) in [5, 5.41) is 2.11. The fraction of sp³-hybridized carbons (Fsp3) is 0.500. The third-order valence-electron chi connectivity index (χ3n) is 1.43. The first kappa shape index (κ1) is 7.76. The molecule has 0 amide bonds. The van der Waals surface area contributed by atoms with Crippen molar-refractivity contribution in [1.82, 2.24) is 0 Å². The van der Waals surface area contributed by atoms with Gasteiger partial charge in [0.1, 0.15) is 0 Å². The van der Waals surface area contributed by atoms with Gasteiger partial charge in [0, 0.05) is 10.9 Å². The molecule has 10 heavy (non-hydrogen) atoms. The van der Waals surface area contributed by atoms with E-state index in [4.69, 9.17) is 5.73 Å². The van der Waals surface area contributed by atoms with Gasteiger partial charge >= 0.3 is 0 Å². The fourth-order valence-corrected chi connectivity index (χ4v) is 1.55. The number of nitrogens with two attached hydrogens (primary N) is 1. The molecule has 56 valence electrons. The SMILES string of the molecule is C[C@H](N)CCc1cccs1. The molecule has 1 aromatic heterocycles. The molecule has 0 unspecified atom stereocenters. The lowest BCUT2D eigenvalue weighted by molar-refractivity contribution is 0.670. The van der Waals surface area contributed by atoms with Crippen LogP contribution in [-0.4, -0.2) is 6.04 Å². The van der Waals surface area contributed by atoms with Gasteiger partial charge in [0.05, 0.1) is 0 Å². The topological polar surface area (TPSA) is 26.0 Å². The molecule has 0 saturated carbocycles. The summed E-state index contributed by atoms with van der Waals surface area (Å²) in [4.78, 5) is 1.44. The standard InChI is InChI=1S/C8H13NS/c1-7(9)4-5-8-3-2-6-10-8/h2-3,6-7H,4-5,9H2,1H3/t7-/m0/s1. The summed E-state index contributed by atoms with van der Waals surface area (Å²) >= 11 is 1.81. The van der Waals surface area contributed by atoms with Crippen LogP contribution >= 0.6 is 11.3 Å². The summed E-state index contributed by atoms with van der Waals surface area (Å²) < 4.78 is 0. The number of hydrogen-bond acceptors (Lipinski definition) is 2. The normalized spacial score (nSPS) is 13.4. The fourth-order valence-electron chi connectivity index (χ4n) is 0.825. The van der Waals surface area contributed by atoms with Gasteiger partial charge < -0.3 is 5.73 Å². The van der Waals surface area contributed by atoms with Crippen molar-refractivity contribution < 1.29 is 0 Å². The first-order valence-corrected chi connectivity index (χ1v) is 4.45. The van der Waals surface area contributed by atoms with Gasteiger partial charge in [-0.15, -0.1) is 11.3 Å². The molecule has 2 N–H and O–H groups in total. The van der Waals surface area contributed by atoms with E-state index in [-0.39, 0.29) is 0 Å². The highest BCUT2D eigenvalue weighted by Gasteiger charge is 1.96. The Morgan fingerprint density at radius 1 is 1.70 bits per heavy atom. The van der Waals surface area contributed by atoms with Crippen LogP contribution in [0.1, 0.15) is 18.2 Å². The molecule has 0 aliphatic heterocycles. The molecule has 1 atom stereocenters. The predicted molar refractivity (Wildman–Crippen MR) is 46.3 cm³/mol. The number of aryl methyl sites for hydroxylation is 1. The maximum absolute atomic E-state index is 5.61. The highest BCUT2D eigenvalue weighted by molar-refractivity contribution is 7.09. The minimum Gasteiger partial charge on any atom is -0.328 e. The number of rotatable bonds is 3. The molecule has 0 radical (unpaired) electrons. The molecule has 1 aromatic rings. The molecular formula is C8H13NS. The lowest BCUT2D eigenvalue weighted by atomic mass is 10.2. The molecule has 1 nitrogen and oxygen atoms in total. The van der Waals surface area contributed by atoms with E-state index in [2.05, 4.69) is 17.5 Å². The van der Waals surface area contributed by atoms with Crippen molar-refractivity contribution in [2.45, 2.75) is 25.8 Å². The van der Waals surface area contributed by atoms with Crippen molar-refractivity contribution in [1.29, 1.82) is 0 Å². The van der Waals surface area contributed by atoms with Crippen LogP contribution in [0.15, 0.2) is 17.5 Å². The molecule has 0 bridgehead atoms. The Labute approximate surface area is 65.9 Å². The molecule has 0 fully saturated rings. The van der Waals surface area contributed by atoms with Crippen LogP contribution in [0.3, 0.4) is 0 Å². The van der Waals surface area contributed by atoms with Gasteiger partial charge in [-0.2, -0.15) is 0 Å². The van der Waals surface area contributed by atoms with E-state index in [1.54, 1.807) is 0 Å². The van der Waals surface area contributed by atoms with Gasteiger partial charge in [-0.05, 0) is 31.2 Å². The average Bonchev–Trinajstić information content (AvgIpc) is 2.34. The first-order valence-electron chi connectivity index (χ1n) is 3.57. The van der Waals surface area contributed by atoms with Crippen LogP contribution in [0.2, 0.25) is 0 Å². The van der Waals surface area contributed by atoms with Crippen molar-refractivity contribution in [3.63, 3.8) is 0 Å². The van der Waals surface area contributed by atoms with Crippen molar-refractivity contribution in [3.05, 3.63) is 22.4 Å². The Morgan fingerprint density at radius 2 is 2.50 bits per heavy atom. The smallest absolute Gasteiger partial charge is 0.00458 e. The zero-order chi connectivity index (χ0) is 7.40. The van der Waals surface area contributed by atoms with Gasteiger partial charge in [0.25, 0.3) is 0 Å². The van der Waals surface area contributed by atoms with E-state index in [0.29, 0.717) is 6.04 Å². The number of thiophene rings is 1. The minimum atomic E-state index is 0.335. The van der Waals surface area contributed by atoms with Gasteiger partial charge in [0.15, 0.2) is 0 Å². The van der Waals surface area contributed by atoms with Crippen LogP contribution in [0.5, 0.6) is 0 Å². The second kappa shape index (κ2) is 3.74. The molecule has 1 heterocycles.